The van der Waals surface area contributed by atoms with E-state index in [-0.39, 0.29) is 35.6 Å². The van der Waals surface area contributed by atoms with E-state index in [1.54, 1.807) is 7.05 Å². The van der Waals surface area contributed by atoms with Crippen LogP contribution in [0.15, 0.2) is 29.3 Å². The van der Waals surface area contributed by atoms with Crippen LogP contribution in [-0.2, 0) is 0 Å². The van der Waals surface area contributed by atoms with Crippen LogP contribution in [0.5, 0.6) is 5.75 Å². The zero-order valence-electron chi connectivity index (χ0n) is 12.9. The molecule has 0 amide bonds. The smallest absolute Gasteiger partial charge is 0.255 e. The van der Waals surface area contributed by atoms with Gasteiger partial charge in [0.05, 0.1) is 12.6 Å². The minimum atomic E-state index is -2.41. The Kier molecular flexibility index (Phi) is 6.83. The van der Waals surface area contributed by atoms with E-state index in [1.165, 1.54) is 0 Å². The van der Waals surface area contributed by atoms with Crippen LogP contribution in [-0.4, -0.2) is 31.6 Å². The molecule has 0 bridgehead atoms. The Hall–Kier alpha value is -1.12. The van der Waals surface area contributed by atoms with Crippen molar-refractivity contribution in [1.82, 2.24) is 10.6 Å². The highest BCUT2D eigenvalue weighted by Gasteiger charge is 2.33. The predicted molar refractivity (Wildman–Crippen MR) is 94.4 cm³/mol. The molecule has 1 aromatic carbocycles. The van der Waals surface area contributed by atoms with Crippen molar-refractivity contribution in [2.75, 3.05) is 13.6 Å². The molecule has 22 heavy (non-hydrogen) atoms. The number of hydrogen-bond donors (Lipinski definition) is 2. The lowest BCUT2D eigenvalue weighted by Gasteiger charge is -2.38. The fourth-order valence-electron chi connectivity index (χ4n) is 2.46. The summed E-state index contributed by atoms with van der Waals surface area (Å²) >= 11 is 0. The summed E-state index contributed by atoms with van der Waals surface area (Å²) in [4.78, 5) is 4.00. The quantitative estimate of drug-likeness (QED) is 0.444. The second-order valence-corrected chi connectivity index (χ2v) is 5.64. The largest absolute Gasteiger partial charge is 0.487 e. The maximum atomic E-state index is 12.3. The molecule has 1 aliphatic rings. The summed E-state index contributed by atoms with van der Waals surface area (Å²) in [5.74, 6) is 1.18. The Labute approximate surface area is 146 Å². The molecule has 1 heterocycles. The zero-order valence-corrected chi connectivity index (χ0v) is 15.2. The number of guanidine groups is 1. The van der Waals surface area contributed by atoms with Crippen molar-refractivity contribution in [2.45, 2.75) is 38.3 Å². The fraction of sp³-hybridized carbons (Fsp3) is 0.533. The third-order valence-electron chi connectivity index (χ3n) is 3.33. The summed E-state index contributed by atoms with van der Waals surface area (Å²) < 4.78 is 30.6. The van der Waals surface area contributed by atoms with Gasteiger partial charge in [-0.15, -0.1) is 24.0 Å². The van der Waals surface area contributed by atoms with Crippen molar-refractivity contribution in [2.24, 2.45) is 4.99 Å². The van der Waals surface area contributed by atoms with Crippen LogP contribution in [0.4, 0.5) is 8.78 Å². The van der Waals surface area contributed by atoms with Gasteiger partial charge < -0.3 is 15.4 Å². The van der Waals surface area contributed by atoms with Gasteiger partial charge in [0, 0.05) is 19.0 Å². The number of aliphatic imine (C=N–C) groups is 1. The van der Waals surface area contributed by atoms with Gasteiger partial charge in [0.2, 0.25) is 0 Å². The second-order valence-electron chi connectivity index (χ2n) is 5.64. The SMILES string of the molecule is CN=C(NCC(F)F)NC1CC(C)(C)Oc2ccccc21.I. The number of para-hydroxylation sites is 1. The minimum Gasteiger partial charge on any atom is -0.487 e. The van der Waals surface area contributed by atoms with Gasteiger partial charge in [-0.2, -0.15) is 0 Å². The Morgan fingerprint density at radius 1 is 1.41 bits per heavy atom. The number of nitrogens with zero attached hydrogens (tertiary/aromatic N) is 1. The van der Waals surface area contributed by atoms with Gasteiger partial charge >= 0.3 is 0 Å². The lowest BCUT2D eigenvalue weighted by Crippen LogP contribution is -2.46. The van der Waals surface area contributed by atoms with E-state index >= 15 is 0 Å². The molecule has 0 aliphatic carbocycles. The van der Waals surface area contributed by atoms with Crippen LogP contribution in [0.25, 0.3) is 0 Å². The predicted octanol–water partition coefficient (Wildman–Crippen LogP) is 3.34. The maximum absolute atomic E-state index is 12.3. The van der Waals surface area contributed by atoms with Crippen LogP contribution in [0.1, 0.15) is 31.9 Å². The van der Waals surface area contributed by atoms with E-state index in [4.69, 9.17) is 4.74 Å². The minimum absolute atomic E-state index is 0. The first kappa shape index (κ1) is 18.9. The molecule has 1 aromatic rings. The molecular weight excluding hydrogens is 403 g/mol. The average molecular weight is 425 g/mol. The molecular formula is C15H22F2IN3O. The molecule has 0 fully saturated rings. The number of halogens is 3. The number of alkyl halides is 2. The van der Waals surface area contributed by atoms with Crippen LogP contribution < -0.4 is 15.4 Å². The molecule has 0 saturated carbocycles. The number of rotatable bonds is 3. The highest BCUT2D eigenvalue weighted by Crippen LogP contribution is 2.39. The van der Waals surface area contributed by atoms with E-state index in [0.717, 1.165) is 17.7 Å². The van der Waals surface area contributed by atoms with E-state index in [9.17, 15) is 8.78 Å². The Morgan fingerprint density at radius 2 is 2.09 bits per heavy atom. The van der Waals surface area contributed by atoms with Gasteiger partial charge in [-0.3, -0.25) is 4.99 Å². The summed E-state index contributed by atoms with van der Waals surface area (Å²) in [6, 6.07) is 7.71. The number of hydrogen-bond acceptors (Lipinski definition) is 2. The number of benzene rings is 1. The van der Waals surface area contributed by atoms with Crippen molar-refractivity contribution < 1.29 is 13.5 Å². The van der Waals surface area contributed by atoms with E-state index in [2.05, 4.69) is 15.6 Å². The molecule has 1 atom stereocenters. The van der Waals surface area contributed by atoms with Crippen LogP contribution in [0.3, 0.4) is 0 Å². The highest BCUT2D eigenvalue weighted by atomic mass is 127. The lowest BCUT2D eigenvalue weighted by molar-refractivity contribution is 0.0692. The van der Waals surface area contributed by atoms with Crippen molar-refractivity contribution >= 4 is 29.9 Å². The number of ether oxygens (including phenoxy) is 1. The summed E-state index contributed by atoms with van der Waals surface area (Å²) in [5, 5.41) is 5.82. The molecule has 2 N–H and O–H groups in total. The summed E-state index contributed by atoms with van der Waals surface area (Å²) in [5.41, 5.74) is 0.685. The highest BCUT2D eigenvalue weighted by molar-refractivity contribution is 14.0. The monoisotopic (exact) mass is 425 g/mol. The molecule has 124 valence electrons. The lowest BCUT2D eigenvalue weighted by atomic mass is 9.90. The molecule has 0 aromatic heterocycles. The zero-order chi connectivity index (χ0) is 15.5. The van der Waals surface area contributed by atoms with Crippen molar-refractivity contribution in [1.29, 1.82) is 0 Å². The summed E-state index contributed by atoms with van der Waals surface area (Å²) in [6.07, 6.45) is -1.69. The van der Waals surface area contributed by atoms with Gasteiger partial charge in [-0.1, -0.05) is 18.2 Å². The molecule has 0 spiro atoms. The van der Waals surface area contributed by atoms with Crippen molar-refractivity contribution in [3.63, 3.8) is 0 Å². The Bertz CT molecular complexity index is 523. The molecule has 1 aliphatic heterocycles. The number of fused-ring (bicyclic) bond motifs is 1. The Balaban J connectivity index is 0.00000242. The standard InChI is InChI=1S/C15H21F2N3O.HI/c1-15(2)8-11(10-6-4-5-7-12(10)21-15)20-14(18-3)19-9-13(16)17;/h4-7,11,13H,8-9H2,1-3H3,(H2,18,19,20);1H. The van der Waals surface area contributed by atoms with E-state index in [1.807, 2.05) is 38.1 Å². The molecule has 2 rings (SSSR count). The molecule has 0 saturated heterocycles. The second kappa shape index (κ2) is 7.94. The van der Waals surface area contributed by atoms with E-state index in [0.29, 0.717) is 5.96 Å². The van der Waals surface area contributed by atoms with E-state index < -0.39 is 13.0 Å². The van der Waals surface area contributed by atoms with Crippen LogP contribution >= 0.6 is 24.0 Å². The van der Waals surface area contributed by atoms with Crippen LogP contribution in [0.2, 0.25) is 0 Å². The normalized spacial score (nSPS) is 19.7. The summed E-state index contributed by atoms with van der Waals surface area (Å²) in [6.45, 7) is 3.59. The van der Waals surface area contributed by atoms with Crippen molar-refractivity contribution in [3.8, 4) is 5.75 Å². The average Bonchev–Trinajstić information content (AvgIpc) is 2.41. The van der Waals surface area contributed by atoms with Gasteiger partial charge in [-0.25, -0.2) is 8.78 Å². The molecule has 1 unspecified atom stereocenters. The van der Waals surface area contributed by atoms with Gasteiger partial charge in [-0.05, 0) is 19.9 Å². The Morgan fingerprint density at radius 3 is 2.73 bits per heavy atom. The fourth-order valence-corrected chi connectivity index (χ4v) is 2.46. The first-order valence-electron chi connectivity index (χ1n) is 6.94. The summed E-state index contributed by atoms with van der Waals surface area (Å²) in [7, 11) is 1.57. The van der Waals surface area contributed by atoms with Gasteiger partial charge in [0.25, 0.3) is 6.43 Å². The first-order chi connectivity index (χ1) is 9.91. The third-order valence-corrected chi connectivity index (χ3v) is 3.33. The van der Waals surface area contributed by atoms with Gasteiger partial charge in [0.1, 0.15) is 11.4 Å². The number of nitrogens with one attached hydrogen (secondary N) is 2. The van der Waals surface area contributed by atoms with Crippen molar-refractivity contribution in [3.05, 3.63) is 29.8 Å². The molecule has 4 nitrogen and oxygen atoms in total. The van der Waals surface area contributed by atoms with Crippen LogP contribution in [0, 0.1) is 0 Å². The third kappa shape index (κ3) is 4.96. The molecule has 7 heteroatoms. The topological polar surface area (TPSA) is 45.7 Å². The first-order valence-corrected chi connectivity index (χ1v) is 6.94. The molecule has 0 radical (unpaired) electrons. The van der Waals surface area contributed by atoms with Gasteiger partial charge in [0.15, 0.2) is 5.96 Å². The maximum Gasteiger partial charge on any atom is 0.255 e.